The number of hydrogen-bond acceptors (Lipinski definition) is 8. The van der Waals surface area contributed by atoms with Crippen molar-refractivity contribution in [2.75, 3.05) is 39.4 Å². The molecule has 2 N–H and O–H groups in total. The predicted octanol–water partition coefficient (Wildman–Crippen LogP) is 2.13. The molecule has 41 heavy (non-hydrogen) atoms. The van der Waals surface area contributed by atoms with Crippen molar-refractivity contribution in [1.29, 1.82) is 0 Å². The highest BCUT2D eigenvalue weighted by atomic mass is 16.6. The largest absolute Gasteiger partial charge is 0.481 e. The van der Waals surface area contributed by atoms with Crippen LogP contribution in [0.15, 0.2) is 36.4 Å². The van der Waals surface area contributed by atoms with Gasteiger partial charge in [0.05, 0.1) is 12.3 Å². The highest BCUT2D eigenvalue weighted by Crippen LogP contribution is 2.22. The average molecular weight is 572 g/mol. The zero-order chi connectivity index (χ0) is 30.2. The number of piperazine rings is 1. The monoisotopic (exact) mass is 571 g/mol. The second-order valence-corrected chi connectivity index (χ2v) is 10.5. The molecule has 1 saturated heterocycles. The van der Waals surface area contributed by atoms with Gasteiger partial charge < -0.3 is 29.7 Å². The van der Waals surface area contributed by atoms with E-state index in [0.717, 1.165) is 0 Å². The SMILES string of the molecule is CCOC(=O)N1CCN(C(=O)[C@H](CCC(=O)O)NC(=O)c2cc(OCC(=O)C(C)(C)C)n(-c3ccccc3)n2)CC1. The lowest BCUT2D eigenvalue weighted by molar-refractivity contribution is -0.138. The molecule has 3 amide bonds. The number of aromatic nitrogens is 2. The molecule has 1 aromatic heterocycles. The summed E-state index contributed by atoms with van der Waals surface area (Å²) in [7, 11) is 0. The average Bonchev–Trinajstić information content (AvgIpc) is 3.38. The Morgan fingerprint density at radius 3 is 2.24 bits per heavy atom. The fourth-order valence-electron chi connectivity index (χ4n) is 3.99. The molecule has 13 heteroatoms. The van der Waals surface area contributed by atoms with Crippen LogP contribution in [0, 0.1) is 5.41 Å². The maximum Gasteiger partial charge on any atom is 0.409 e. The molecular formula is C28H37N5O8. The van der Waals surface area contributed by atoms with Gasteiger partial charge >= 0.3 is 12.1 Å². The molecule has 3 rings (SSSR count). The molecule has 222 valence electrons. The van der Waals surface area contributed by atoms with Crippen molar-refractivity contribution < 1.29 is 38.6 Å². The van der Waals surface area contributed by atoms with Gasteiger partial charge in [-0.3, -0.25) is 19.2 Å². The summed E-state index contributed by atoms with van der Waals surface area (Å²) in [4.78, 5) is 65.3. The maximum atomic E-state index is 13.3. The van der Waals surface area contributed by atoms with Gasteiger partial charge in [-0.15, -0.1) is 0 Å². The second-order valence-electron chi connectivity index (χ2n) is 10.5. The van der Waals surface area contributed by atoms with E-state index in [-0.39, 0.29) is 69.6 Å². The van der Waals surface area contributed by atoms with Crippen molar-refractivity contribution in [2.24, 2.45) is 5.41 Å². The van der Waals surface area contributed by atoms with Crippen molar-refractivity contribution in [3.8, 4) is 11.6 Å². The van der Waals surface area contributed by atoms with Crippen LogP contribution in [0.1, 0.15) is 51.0 Å². The van der Waals surface area contributed by atoms with Crippen LogP contribution in [-0.2, 0) is 19.1 Å². The van der Waals surface area contributed by atoms with Crippen LogP contribution in [-0.4, -0.2) is 99.8 Å². The Kier molecular flexibility index (Phi) is 10.5. The van der Waals surface area contributed by atoms with Crippen LogP contribution in [0.4, 0.5) is 4.79 Å². The van der Waals surface area contributed by atoms with E-state index in [0.29, 0.717) is 5.69 Å². The number of Topliss-reactive ketones (excluding diaryl/α,β-unsaturated/α-hetero) is 1. The molecule has 0 unspecified atom stereocenters. The molecule has 0 spiro atoms. The smallest absolute Gasteiger partial charge is 0.409 e. The van der Waals surface area contributed by atoms with Gasteiger partial charge in [-0.1, -0.05) is 39.0 Å². The number of carboxylic acids is 1. The van der Waals surface area contributed by atoms with Crippen molar-refractivity contribution in [2.45, 2.75) is 46.6 Å². The lowest BCUT2D eigenvalue weighted by atomic mass is 9.91. The number of nitrogens with zero attached hydrogens (tertiary/aromatic N) is 4. The van der Waals surface area contributed by atoms with E-state index in [4.69, 9.17) is 9.47 Å². The Balaban J connectivity index is 1.78. The minimum Gasteiger partial charge on any atom is -0.481 e. The van der Waals surface area contributed by atoms with Crippen LogP contribution >= 0.6 is 0 Å². The lowest BCUT2D eigenvalue weighted by Gasteiger charge is -2.35. The van der Waals surface area contributed by atoms with Gasteiger partial charge in [-0.05, 0) is 25.5 Å². The van der Waals surface area contributed by atoms with E-state index in [1.807, 2.05) is 6.07 Å². The zero-order valence-electron chi connectivity index (χ0n) is 23.8. The first-order chi connectivity index (χ1) is 19.4. The summed E-state index contributed by atoms with van der Waals surface area (Å²) in [5, 5.41) is 16.2. The van der Waals surface area contributed by atoms with Crippen LogP contribution < -0.4 is 10.1 Å². The Bertz CT molecular complexity index is 1250. The summed E-state index contributed by atoms with van der Waals surface area (Å²) in [5.41, 5.74) is -0.118. The molecule has 1 fully saturated rings. The summed E-state index contributed by atoms with van der Waals surface area (Å²) in [6.45, 7) is 7.95. The number of rotatable bonds is 11. The van der Waals surface area contributed by atoms with E-state index in [2.05, 4.69) is 10.4 Å². The number of ketones is 1. The summed E-state index contributed by atoms with van der Waals surface area (Å²) < 4.78 is 12.1. The molecule has 13 nitrogen and oxygen atoms in total. The quantitative estimate of drug-likeness (QED) is 0.412. The Morgan fingerprint density at radius 2 is 1.66 bits per heavy atom. The Hall–Kier alpha value is -4.42. The number of para-hydroxylation sites is 1. The fourth-order valence-corrected chi connectivity index (χ4v) is 3.99. The molecule has 0 bridgehead atoms. The van der Waals surface area contributed by atoms with Crippen molar-refractivity contribution in [3.63, 3.8) is 0 Å². The van der Waals surface area contributed by atoms with Crippen LogP contribution in [0.25, 0.3) is 5.69 Å². The number of carbonyl (C=O) groups excluding carboxylic acids is 4. The number of carboxylic acid groups (broad SMARTS) is 1. The first-order valence-corrected chi connectivity index (χ1v) is 13.5. The zero-order valence-corrected chi connectivity index (χ0v) is 23.8. The standard InChI is InChI=1S/C28H37N5O8/c1-5-40-27(39)32-15-13-31(14-16-32)26(38)20(11-12-24(35)36)29-25(37)21-17-23(41-18-22(34)28(2,3)4)33(30-21)19-9-7-6-8-10-19/h6-10,17,20H,5,11-16,18H2,1-4H3,(H,29,37)(H,35,36)/t20-/m0/s1. The normalized spacial score (nSPS) is 14.2. The molecule has 0 saturated carbocycles. The molecule has 0 aliphatic carbocycles. The third-order valence-corrected chi connectivity index (χ3v) is 6.47. The van der Waals surface area contributed by atoms with Crippen LogP contribution in [0.5, 0.6) is 5.88 Å². The first-order valence-electron chi connectivity index (χ1n) is 13.5. The van der Waals surface area contributed by atoms with Crippen molar-refractivity contribution in [3.05, 3.63) is 42.1 Å². The Labute approximate surface area is 238 Å². The Morgan fingerprint density at radius 1 is 1.02 bits per heavy atom. The lowest BCUT2D eigenvalue weighted by Crippen LogP contribution is -2.56. The van der Waals surface area contributed by atoms with Gasteiger partial charge in [0.1, 0.15) is 12.6 Å². The molecule has 1 aromatic carbocycles. The first kappa shape index (κ1) is 31.1. The van der Waals surface area contributed by atoms with Crippen LogP contribution in [0.3, 0.4) is 0 Å². The number of nitrogens with one attached hydrogen (secondary N) is 1. The van der Waals surface area contributed by atoms with Gasteiger partial charge in [-0.2, -0.15) is 5.10 Å². The fraction of sp³-hybridized carbons (Fsp3) is 0.500. The summed E-state index contributed by atoms with van der Waals surface area (Å²) in [6, 6.07) is 9.11. The number of ether oxygens (including phenoxy) is 2. The topological polar surface area (TPSA) is 160 Å². The number of carbonyl (C=O) groups is 5. The maximum absolute atomic E-state index is 13.3. The van der Waals surface area contributed by atoms with E-state index < -0.39 is 35.3 Å². The van der Waals surface area contributed by atoms with Gasteiger partial charge in [-0.25, -0.2) is 9.48 Å². The summed E-state index contributed by atoms with van der Waals surface area (Å²) in [5.74, 6) is -2.27. The van der Waals surface area contributed by atoms with E-state index in [1.54, 1.807) is 52.0 Å². The van der Waals surface area contributed by atoms with Gasteiger partial charge in [0.2, 0.25) is 11.8 Å². The van der Waals surface area contributed by atoms with Crippen molar-refractivity contribution >= 4 is 29.7 Å². The van der Waals surface area contributed by atoms with Crippen LogP contribution in [0.2, 0.25) is 0 Å². The molecule has 2 heterocycles. The molecule has 1 aliphatic heterocycles. The second kappa shape index (κ2) is 13.8. The van der Waals surface area contributed by atoms with E-state index >= 15 is 0 Å². The molecular weight excluding hydrogens is 534 g/mol. The third kappa shape index (κ3) is 8.53. The summed E-state index contributed by atoms with van der Waals surface area (Å²) in [6.07, 6.45) is -0.950. The number of benzene rings is 1. The minimum absolute atomic E-state index is 0.0766. The van der Waals surface area contributed by atoms with E-state index in [1.165, 1.54) is 20.5 Å². The number of amides is 3. The predicted molar refractivity (Wildman–Crippen MR) is 147 cm³/mol. The molecule has 1 atom stereocenters. The molecule has 2 aromatic rings. The van der Waals surface area contributed by atoms with Crippen molar-refractivity contribution in [1.82, 2.24) is 24.9 Å². The highest BCUT2D eigenvalue weighted by Gasteiger charge is 2.32. The summed E-state index contributed by atoms with van der Waals surface area (Å²) >= 11 is 0. The van der Waals surface area contributed by atoms with Gasteiger partial charge in [0.15, 0.2) is 11.5 Å². The minimum atomic E-state index is -1.14. The molecule has 0 radical (unpaired) electrons. The molecule has 1 aliphatic rings. The van der Waals surface area contributed by atoms with E-state index in [9.17, 15) is 29.1 Å². The van der Waals surface area contributed by atoms with Gasteiger partial charge in [0, 0.05) is 44.1 Å². The highest BCUT2D eigenvalue weighted by molar-refractivity contribution is 5.96. The third-order valence-electron chi connectivity index (χ3n) is 6.47. The van der Waals surface area contributed by atoms with Gasteiger partial charge in [0.25, 0.3) is 5.91 Å². The number of aliphatic carboxylic acids is 1. The number of hydrogen-bond donors (Lipinski definition) is 2.